The van der Waals surface area contributed by atoms with Crippen LogP contribution in [0.25, 0.3) is 6.08 Å². The van der Waals surface area contributed by atoms with Gasteiger partial charge in [0.1, 0.15) is 6.61 Å². The zero-order valence-corrected chi connectivity index (χ0v) is 13.7. The number of methoxy groups -OCH3 is 1. The molecule has 1 aromatic rings. The lowest BCUT2D eigenvalue weighted by Crippen LogP contribution is -2.23. The van der Waals surface area contributed by atoms with Gasteiger partial charge in [0.25, 0.3) is 0 Å². The summed E-state index contributed by atoms with van der Waals surface area (Å²) in [6.07, 6.45) is 5.01. The molecule has 5 heteroatoms. The summed E-state index contributed by atoms with van der Waals surface area (Å²) in [5.74, 6) is 0.417. The first-order valence-corrected chi connectivity index (χ1v) is 7.92. The van der Waals surface area contributed by atoms with E-state index in [9.17, 15) is 4.79 Å². The summed E-state index contributed by atoms with van der Waals surface area (Å²) in [7, 11) is 1.37. The van der Waals surface area contributed by atoms with E-state index in [0.29, 0.717) is 18.8 Å². The number of hydrogen-bond acceptors (Lipinski definition) is 5. The predicted molar refractivity (Wildman–Crippen MR) is 86.9 cm³/mol. The van der Waals surface area contributed by atoms with Crippen LogP contribution in [0.3, 0.4) is 0 Å². The summed E-state index contributed by atoms with van der Waals surface area (Å²) < 4.78 is 21.4. The first-order valence-electron chi connectivity index (χ1n) is 7.92. The van der Waals surface area contributed by atoms with Crippen LogP contribution in [0, 0.1) is 0 Å². The second kappa shape index (κ2) is 9.33. The maximum Gasteiger partial charge on any atom is 0.337 e. The molecule has 126 valence electrons. The molecule has 1 fully saturated rings. The minimum atomic E-state index is -0.347. The Bertz CT molecular complexity index is 532. The number of allylic oxidation sites excluding steroid dienone is 1. The highest BCUT2D eigenvalue weighted by molar-refractivity contribution is 5.90. The van der Waals surface area contributed by atoms with Gasteiger partial charge in [0, 0.05) is 6.61 Å². The van der Waals surface area contributed by atoms with Crippen molar-refractivity contribution < 1.29 is 23.7 Å². The van der Waals surface area contributed by atoms with Gasteiger partial charge in [-0.2, -0.15) is 0 Å². The van der Waals surface area contributed by atoms with Crippen LogP contribution in [-0.2, 0) is 18.9 Å². The van der Waals surface area contributed by atoms with Crippen LogP contribution in [0.15, 0.2) is 30.0 Å². The van der Waals surface area contributed by atoms with Crippen LogP contribution in [0.2, 0.25) is 0 Å². The lowest BCUT2D eigenvalue weighted by atomic mass is 10.1. The van der Waals surface area contributed by atoms with Gasteiger partial charge in [0.2, 0.25) is 0 Å². The zero-order valence-electron chi connectivity index (χ0n) is 13.7. The molecule has 0 aliphatic carbocycles. The van der Waals surface area contributed by atoms with Gasteiger partial charge >= 0.3 is 5.97 Å². The maximum atomic E-state index is 11.5. The van der Waals surface area contributed by atoms with Crippen LogP contribution < -0.4 is 0 Å². The van der Waals surface area contributed by atoms with Crippen molar-refractivity contribution >= 4 is 12.0 Å². The fourth-order valence-corrected chi connectivity index (χ4v) is 2.37. The molecule has 2 rings (SSSR count). The Kier molecular flexibility index (Phi) is 7.10. The molecule has 0 amide bonds. The Morgan fingerprint density at radius 2 is 2.22 bits per heavy atom. The minimum absolute atomic E-state index is 0.0895. The van der Waals surface area contributed by atoms with E-state index in [1.54, 1.807) is 12.1 Å². The molecule has 0 aromatic heterocycles. The van der Waals surface area contributed by atoms with E-state index in [2.05, 4.69) is 0 Å². The van der Waals surface area contributed by atoms with Gasteiger partial charge in [-0.15, -0.1) is 0 Å². The quantitative estimate of drug-likeness (QED) is 0.438. The summed E-state index contributed by atoms with van der Waals surface area (Å²) in [5.41, 5.74) is 1.41. The molecule has 1 aliphatic heterocycles. The van der Waals surface area contributed by atoms with Gasteiger partial charge in [-0.25, -0.2) is 4.79 Å². The molecule has 0 radical (unpaired) electrons. The third-order valence-electron chi connectivity index (χ3n) is 3.53. The fraction of sp³-hybridized carbons (Fsp3) is 0.500. The van der Waals surface area contributed by atoms with Crippen LogP contribution in [0.5, 0.6) is 0 Å². The normalized spacial score (nSPS) is 18.5. The van der Waals surface area contributed by atoms with Gasteiger partial charge in [-0.05, 0) is 50.0 Å². The van der Waals surface area contributed by atoms with Crippen molar-refractivity contribution in [2.45, 2.75) is 32.5 Å². The van der Waals surface area contributed by atoms with Crippen molar-refractivity contribution in [1.29, 1.82) is 0 Å². The third-order valence-corrected chi connectivity index (χ3v) is 3.53. The Hall–Kier alpha value is -1.85. The highest BCUT2D eigenvalue weighted by atomic mass is 16.7. The average molecular weight is 320 g/mol. The largest absolute Gasteiger partial charge is 0.496 e. The summed E-state index contributed by atoms with van der Waals surface area (Å²) >= 11 is 0. The SMILES string of the molecule is COC(=O)c1cccc(/C=C(\C)OCCOC2CCCCO2)c1. The first kappa shape index (κ1) is 17.5. The molecule has 23 heavy (non-hydrogen) atoms. The number of hydrogen-bond donors (Lipinski definition) is 0. The van der Waals surface area contributed by atoms with Crippen molar-refractivity contribution in [1.82, 2.24) is 0 Å². The first-order chi connectivity index (χ1) is 11.2. The minimum Gasteiger partial charge on any atom is -0.496 e. The van der Waals surface area contributed by atoms with Crippen molar-refractivity contribution in [3.8, 4) is 0 Å². The molecule has 1 aromatic carbocycles. The van der Waals surface area contributed by atoms with Gasteiger partial charge in [-0.1, -0.05) is 12.1 Å². The second-order valence-electron chi connectivity index (χ2n) is 5.39. The molecular weight excluding hydrogens is 296 g/mol. The molecule has 5 nitrogen and oxygen atoms in total. The third kappa shape index (κ3) is 6.04. The van der Waals surface area contributed by atoms with Crippen LogP contribution >= 0.6 is 0 Å². The maximum absolute atomic E-state index is 11.5. The monoisotopic (exact) mass is 320 g/mol. The Morgan fingerprint density at radius 1 is 1.35 bits per heavy atom. The lowest BCUT2D eigenvalue weighted by Gasteiger charge is -2.22. The topological polar surface area (TPSA) is 54.0 Å². The molecule has 0 N–H and O–H groups in total. The number of benzene rings is 1. The Balaban J connectivity index is 1.77. The van der Waals surface area contributed by atoms with Crippen molar-refractivity contribution in [3.05, 3.63) is 41.2 Å². The Morgan fingerprint density at radius 3 is 2.96 bits per heavy atom. The number of esters is 1. The molecule has 0 saturated carbocycles. The number of carbonyl (C=O) groups is 1. The van der Waals surface area contributed by atoms with Crippen molar-refractivity contribution in [3.63, 3.8) is 0 Å². The van der Waals surface area contributed by atoms with Gasteiger partial charge in [0.05, 0.1) is 25.0 Å². The smallest absolute Gasteiger partial charge is 0.337 e. The zero-order chi connectivity index (χ0) is 16.5. The molecule has 1 heterocycles. The highest BCUT2D eigenvalue weighted by Gasteiger charge is 2.13. The van der Waals surface area contributed by atoms with E-state index in [1.807, 2.05) is 25.1 Å². The highest BCUT2D eigenvalue weighted by Crippen LogP contribution is 2.14. The molecule has 0 bridgehead atoms. The van der Waals surface area contributed by atoms with Gasteiger partial charge in [0.15, 0.2) is 6.29 Å². The summed E-state index contributed by atoms with van der Waals surface area (Å²) in [6.45, 7) is 3.62. The van der Waals surface area contributed by atoms with Crippen LogP contribution in [0.1, 0.15) is 42.1 Å². The Labute approximate surface area is 137 Å². The summed E-state index contributed by atoms with van der Waals surface area (Å²) in [5, 5.41) is 0. The van der Waals surface area contributed by atoms with Gasteiger partial charge in [-0.3, -0.25) is 0 Å². The number of ether oxygens (including phenoxy) is 4. The van der Waals surface area contributed by atoms with Crippen molar-refractivity contribution in [2.24, 2.45) is 0 Å². The summed E-state index contributed by atoms with van der Waals surface area (Å²) in [6, 6.07) is 7.21. The van der Waals surface area contributed by atoms with E-state index in [1.165, 1.54) is 7.11 Å². The molecule has 1 saturated heterocycles. The van der Waals surface area contributed by atoms with Crippen molar-refractivity contribution in [2.75, 3.05) is 26.9 Å². The van der Waals surface area contributed by atoms with Gasteiger partial charge < -0.3 is 18.9 Å². The fourth-order valence-electron chi connectivity index (χ4n) is 2.37. The lowest BCUT2D eigenvalue weighted by molar-refractivity contribution is -0.167. The molecular formula is C18H24O5. The average Bonchev–Trinajstić information content (AvgIpc) is 2.59. The number of rotatable bonds is 7. The van der Waals surface area contributed by atoms with Crippen LogP contribution in [0.4, 0.5) is 0 Å². The van der Waals surface area contributed by atoms with E-state index in [-0.39, 0.29) is 12.3 Å². The molecule has 1 unspecified atom stereocenters. The summed E-state index contributed by atoms with van der Waals surface area (Å²) in [4.78, 5) is 11.5. The molecule has 1 atom stereocenters. The standard InChI is InChI=1S/C18H24O5/c1-14(21-10-11-23-17-8-3-4-9-22-17)12-15-6-5-7-16(13-15)18(19)20-2/h5-7,12-13,17H,3-4,8-11H2,1-2H3/b14-12+. The van der Waals surface area contributed by atoms with E-state index >= 15 is 0 Å². The second-order valence-corrected chi connectivity index (χ2v) is 5.39. The molecule has 1 aliphatic rings. The van der Waals surface area contributed by atoms with E-state index < -0.39 is 0 Å². The van der Waals surface area contributed by atoms with E-state index in [4.69, 9.17) is 18.9 Å². The number of carbonyl (C=O) groups excluding carboxylic acids is 1. The predicted octanol–water partition coefficient (Wildman–Crippen LogP) is 3.39. The van der Waals surface area contributed by atoms with E-state index in [0.717, 1.165) is 37.2 Å². The molecule has 0 spiro atoms. The van der Waals surface area contributed by atoms with Crippen LogP contribution in [-0.4, -0.2) is 39.2 Å².